The van der Waals surface area contributed by atoms with Gasteiger partial charge in [0.2, 0.25) is 0 Å². The summed E-state index contributed by atoms with van der Waals surface area (Å²) < 4.78 is 0. The summed E-state index contributed by atoms with van der Waals surface area (Å²) in [5, 5.41) is 1.62. The summed E-state index contributed by atoms with van der Waals surface area (Å²) in [6.07, 6.45) is 6.31. The van der Waals surface area contributed by atoms with Crippen molar-refractivity contribution in [2.24, 2.45) is 11.7 Å². The molecule has 1 nitrogen and oxygen atoms in total. The molecule has 2 unspecified atom stereocenters. The van der Waals surface area contributed by atoms with Gasteiger partial charge in [-0.05, 0) is 49.4 Å². The predicted octanol–water partition coefficient (Wildman–Crippen LogP) is 4.51. The zero-order valence-corrected chi connectivity index (χ0v) is 12.6. The van der Waals surface area contributed by atoms with Gasteiger partial charge in [-0.25, -0.2) is 0 Å². The normalized spacial score (nSPS) is 24.2. The van der Waals surface area contributed by atoms with Crippen LogP contribution in [-0.4, -0.2) is 11.8 Å². The Morgan fingerprint density at radius 2 is 2.22 bits per heavy atom. The van der Waals surface area contributed by atoms with Crippen LogP contribution in [-0.2, 0) is 6.42 Å². The smallest absolute Gasteiger partial charge is 0.0449 e. The molecule has 2 N–H and O–H groups in total. The lowest BCUT2D eigenvalue weighted by molar-refractivity contribution is 0.394. The van der Waals surface area contributed by atoms with Crippen molar-refractivity contribution in [2.45, 2.75) is 49.2 Å². The summed E-state index contributed by atoms with van der Waals surface area (Å²) in [7, 11) is 0. The van der Waals surface area contributed by atoms with Crippen molar-refractivity contribution in [1.82, 2.24) is 0 Å². The molecule has 1 saturated carbocycles. The van der Waals surface area contributed by atoms with Crippen LogP contribution in [0.3, 0.4) is 0 Å². The van der Waals surface area contributed by atoms with Crippen molar-refractivity contribution in [3.05, 3.63) is 28.8 Å². The maximum atomic E-state index is 6.29. The van der Waals surface area contributed by atoms with Gasteiger partial charge in [-0.3, -0.25) is 0 Å². The van der Waals surface area contributed by atoms with E-state index in [0.717, 1.165) is 22.6 Å². The van der Waals surface area contributed by atoms with Crippen LogP contribution in [0.5, 0.6) is 0 Å². The molecule has 0 spiro atoms. The first-order chi connectivity index (χ1) is 8.70. The molecule has 0 amide bonds. The quantitative estimate of drug-likeness (QED) is 0.880. The predicted molar refractivity (Wildman–Crippen MR) is 81.5 cm³/mol. The van der Waals surface area contributed by atoms with E-state index in [1.54, 1.807) is 0 Å². The van der Waals surface area contributed by atoms with E-state index in [0.29, 0.717) is 6.54 Å². The number of rotatable bonds is 4. The monoisotopic (exact) mass is 283 g/mol. The zero-order valence-electron chi connectivity index (χ0n) is 11.0. The topological polar surface area (TPSA) is 26.0 Å². The highest BCUT2D eigenvalue weighted by Crippen LogP contribution is 2.38. The SMILES string of the molecule is CC1CCCC(Sc2cccc(Cl)c2CCN)C1. The Labute approximate surface area is 119 Å². The standard InChI is InChI=1S/C15H22ClNS/c1-11-4-2-5-12(10-11)18-15-7-3-6-14(16)13(15)8-9-17/h3,6-7,11-12H,2,4-5,8-10,17H2,1H3. The van der Waals surface area contributed by atoms with Gasteiger partial charge in [0.05, 0.1) is 0 Å². The molecular weight excluding hydrogens is 262 g/mol. The first-order valence-corrected chi connectivity index (χ1v) is 8.10. The number of benzene rings is 1. The summed E-state index contributed by atoms with van der Waals surface area (Å²) in [5.74, 6) is 0.869. The van der Waals surface area contributed by atoms with E-state index >= 15 is 0 Å². The molecule has 100 valence electrons. The molecule has 0 bridgehead atoms. The maximum Gasteiger partial charge on any atom is 0.0449 e. The van der Waals surface area contributed by atoms with Crippen molar-refractivity contribution < 1.29 is 0 Å². The van der Waals surface area contributed by atoms with Crippen LogP contribution >= 0.6 is 23.4 Å². The van der Waals surface area contributed by atoms with E-state index in [4.69, 9.17) is 17.3 Å². The first kappa shape index (κ1) is 14.2. The van der Waals surface area contributed by atoms with Gasteiger partial charge in [-0.1, -0.05) is 37.4 Å². The Kier molecular flexibility index (Phi) is 5.40. The highest BCUT2D eigenvalue weighted by Gasteiger charge is 2.21. The molecule has 1 fully saturated rings. The second-order valence-electron chi connectivity index (χ2n) is 5.27. The van der Waals surface area contributed by atoms with Crippen LogP contribution < -0.4 is 5.73 Å². The van der Waals surface area contributed by atoms with Crippen LogP contribution in [0.4, 0.5) is 0 Å². The minimum Gasteiger partial charge on any atom is -0.330 e. The molecule has 1 aliphatic carbocycles. The third-order valence-corrected chi connectivity index (χ3v) is 5.40. The molecule has 2 atom stereocenters. The summed E-state index contributed by atoms with van der Waals surface area (Å²) >= 11 is 8.29. The van der Waals surface area contributed by atoms with Crippen LogP contribution in [0, 0.1) is 5.92 Å². The van der Waals surface area contributed by atoms with Crippen LogP contribution in [0.25, 0.3) is 0 Å². The van der Waals surface area contributed by atoms with Crippen molar-refractivity contribution in [1.29, 1.82) is 0 Å². The molecule has 0 radical (unpaired) electrons. The lowest BCUT2D eigenvalue weighted by atomic mass is 9.91. The number of halogens is 1. The van der Waals surface area contributed by atoms with E-state index in [-0.39, 0.29) is 0 Å². The molecule has 1 aliphatic rings. The Morgan fingerprint density at radius 3 is 2.94 bits per heavy atom. The van der Waals surface area contributed by atoms with Gasteiger partial charge in [-0.2, -0.15) is 0 Å². The number of thioether (sulfide) groups is 1. The Morgan fingerprint density at radius 1 is 1.39 bits per heavy atom. The summed E-state index contributed by atoms with van der Waals surface area (Å²) in [6.45, 7) is 3.03. The van der Waals surface area contributed by atoms with Crippen LogP contribution in [0.15, 0.2) is 23.1 Å². The van der Waals surface area contributed by atoms with Gasteiger partial charge in [0.1, 0.15) is 0 Å². The molecular formula is C15H22ClNS. The molecule has 3 heteroatoms. The van der Waals surface area contributed by atoms with Crippen molar-refractivity contribution >= 4 is 23.4 Å². The number of nitrogens with two attached hydrogens (primary N) is 1. The second-order valence-corrected chi connectivity index (χ2v) is 7.02. The van der Waals surface area contributed by atoms with E-state index in [1.165, 1.54) is 36.1 Å². The zero-order chi connectivity index (χ0) is 13.0. The summed E-state index contributed by atoms with van der Waals surface area (Å²) in [6, 6.07) is 6.22. The van der Waals surface area contributed by atoms with E-state index in [2.05, 4.69) is 19.1 Å². The molecule has 18 heavy (non-hydrogen) atoms. The molecule has 2 rings (SSSR count). The number of hydrogen-bond acceptors (Lipinski definition) is 2. The van der Waals surface area contributed by atoms with Gasteiger partial charge >= 0.3 is 0 Å². The van der Waals surface area contributed by atoms with Crippen molar-refractivity contribution in [2.75, 3.05) is 6.54 Å². The van der Waals surface area contributed by atoms with Gasteiger partial charge in [-0.15, -0.1) is 11.8 Å². The number of hydrogen-bond donors (Lipinski definition) is 1. The highest BCUT2D eigenvalue weighted by atomic mass is 35.5. The van der Waals surface area contributed by atoms with Crippen molar-refractivity contribution in [3.8, 4) is 0 Å². The lowest BCUT2D eigenvalue weighted by Gasteiger charge is -2.27. The third kappa shape index (κ3) is 3.66. The Bertz CT molecular complexity index is 394. The molecule has 1 aromatic rings. The largest absolute Gasteiger partial charge is 0.330 e. The fourth-order valence-electron chi connectivity index (χ4n) is 2.70. The lowest BCUT2D eigenvalue weighted by Crippen LogP contribution is -2.15. The minimum atomic E-state index is 0.665. The van der Waals surface area contributed by atoms with Crippen LogP contribution in [0.1, 0.15) is 38.2 Å². The van der Waals surface area contributed by atoms with E-state index in [9.17, 15) is 0 Å². The molecule has 0 saturated heterocycles. The average molecular weight is 284 g/mol. The van der Waals surface area contributed by atoms with E-state index < -0.39 is 0 Å². The second kappa shape index (κ2) is 6.83. The summed E-state index contributed by atoms with van der Waals surface area (Å²) in [5.41, 5.74) is 6.93. The van der Waals surface area contributed by atoms with Gasteiger partial charge < -0.3 is 5.73 Å². The van der Waals surface area contributed by atoms with Gasteiger partial charge in [0.25, 0.3) is 0 Å². The maximum absolute atomic E-state index is 6.29. The Balaban J connectivity index is 2.10. The molecule has 1 aromatic carbocycles. The first-order valence-electron chi connectivity index (χ1n) is 6.84. The third-order valence-electron chi connectivity index (χ3n) is 3.65. The van der Waals surface area contributed by atoms with E-state index in [1.807, 2.05) is 17.8 Å². The average Bonchev–Trinajstić information content (AvgIpc) is 2.34. The molecule has 0 heterocycles. The fourth-order valence-corrected chi connectivity index (χ4v) is 4.61. The molecule has 0 aliphatic heterocycles. The van der Waals surface area contributed by atoms with Gasteiger partial charge in [0.15, 0.2) is 0 Å². The molecule has 0 aromatic heterocycles. The summed E-state index contributed by atoms with van der Waals surface area (Å²) in [4.78, 5) is 1.34. The Hall–Kier alpha value is -0.180. The minimum absolute atomic E-state index is 0.665. The highest BCUT2D eigenvalue weighted by molar-refractivity contribution is 8.00. The van der Waals surface area contributed by atoms with Crippen molar-refractivity contribution in [3.63, 3.8) is 0 Å². The van der Waals surface area contributed by atoms with Gasteiger partial charge in [0, 0.05) is 15.2 Å². The van der Waals surface area contributed by atoms with Crippen LogP contribution in [0.2, 0.25) is 5.02 Å². The fraction of sp³-hybridized carbons (Fsp3) is 0.600.